The Morgan fingerprint density at radius 3 is 2.76 bits per heavy atom. The second kappa shape index (κ2) is 7.38. The number of hydrogen-bond donors (Lipinski definition) is 2. The van der Waals surface area contributed by atoms with Gasteiger partial charge in [-0.05, 0) is 25.0 Å². The molecule has 1 aromatic rings. The number of aliphatic carboxylic acids is 1. The lowest BCUT2D eigenvalue weighted by atomic mass is 10.2. The molecule has 0 fully saturated rings. The van der Waals surface area contributed by atoms with Gasteiger partial charge in [0.05, 0.1) is 0 Å². The molecule has 0 aliphatic rings. The standard InChI is InChI=1S/C12H16N2O3/c15-11(14-9-3-5-12(16)17)7-6-10-4-1-2-8-13-10/h1-2,4,8H,3,5-7,9H2,(H,14,15)(H,16,17). The van der Waals surface area contributed by atoms with E-state index in [0.717, 1.165) is 5.69 Å². The van der Waals surface area contributed by atoms with Gasteiger partial charge in [0.15, 0.2) is 0 Å². The van der Waals surface area contributed by atoms with Crippen molar-refractivity contribution in [3.05, 3.63) is 30.1 Å². The minimum absolute atomic E-state index is 0.0685. The number of carbonyl (C=O) groups is 2. The maximum Gasteiger partial charge on any atom is 0.303 e. The number of pyridine rings is 1. The first kappa shape index (κ1) is 13.2. The van der Waals surface area contributed by atoms with Gasteiger partial charge in [0.25, 0.3) is 0 Å². The summed E-state index contributed by atoms with van der Waals surface area (Å²) in [5.74, 6) is -0.909. The van der Waals surface area contributed by atoms with Gasteiger partial charge in [-0.25, -0.2) is 0 Å². The summed E-state index contributed by atoms with van der Waals surface area (Å²) in [5.41, 5.74) is 0.883. The minimum atomic E-state index is -0.840. The highest BCUT2D eigenvalue weighted by atomic mass is 16.4. The van der Waals surface area contributed by atoms with Crippen molar-refractivity contribution in [3.8, 4) is 0 Å². The molecular weight excluding hydrogens is 220 g/mol. The van der Waals surface area contributed by atoms with Gasteiger partial charge in [0, 0.05) is 31.3 Å². The molecule has 0 aliphatic heterocycles. The van der Waals surface area contributed by atoms with Crippen LogP contribution in [0.1, 0.15) is 25.0 Å². The molecule has 0 aliphatic carbocycles. The van der Waals surface area contributed by atoms with Crippen LogP contribution in [0.15, 0.2) is 24.4 Å². The molecular formula is C12H16N2O3. The van der Waals surface area contributed by atoms with E-state index >= 15 is 0 Å². The average Bonchev–Trinajstić information content (AvgIpc) is 2.33. The molecule has 1 heterocycles. The summed E-state index contributed by atoms with van der Waals surface area (Å²) in [6.07, 6.45) is 3.22. The van der Waals surface area contributed by atoms with Crippen molar-refractivity contribution >= 4 is 11.9 Å². The van der Waals surface area contributed by atoms with E-state index < -0.39 is 5.97 Å². The van der Waals surface area contributed by atoms with Crippen molar-refractivity contribution in [2.24, 2.45) is 0 Å². The Labute approximate surface area is 99.9 Å². The Morgan fingerprint density at radius 2 is 2.12 bits per heavy atom. The van der Waals surface area contributed by atoms with Crippen molar-refractivity contribution in [2.75, 3.05) is 6.54 Å². The lowest BCUT2D eigenvalue weighted by Crippen LogP contribution is -2.25. The number of hydrogen-bond acceptors (Lipinski definition) is 3. The Kier molecular flexibility index (Phi) is 5.71. The second-order valence-electron chi connectivity index (χ2n) is 3.67. The van der Waals surface area contributed by atoms with Crippen LogP contribution in [0.5, 0.6) is 0 Å². The third kappa shape index (κ3) is 6.29. The van der Waals surface area contributed by atoms with E-state index in [-0.39, 0.29) is 12.3 Å². The fourth-order valence-electron chi connectivity index (χ4n) is 1.34. The summed E-state index contributed by atoms with van der Waals surface area (Å²) in [4.78, 5) is 25.7. The van der Waals surface area contributed by atoms with Gasteiger partial charge < -0.3 is 10.4 Å². The highest BCUT2D eigenvalue weighted by Gasteiger charge is 2.03. The summed E-state index contributed by atoms with van der Waals surface area (Å²) >= 11 is 0. The van der Waals surface area contributed by atoms with Crippen LogP contribution in [-0.4, -0.2) is 28.5 Å². The van der Waals surface area contributed by atoms with Gasteiger partial charge in [0.2, 0.25) is 5.91 Å². The number of nitrogens with zero attached hydrogens (tertiary/aromatic N) is 1. The van der Waals surface area contributed by atoms with E-state index in [4.69, 9.17) is 5.11 Å². The topological polar surface area (TPSA) is 79.3 Å². The predicted octanol–water partition coefficient (Wildman–Crippen LogP) is 0.995. The quantitative estimate of drug-likeness (QED) is 0.692. The molecule has 0 bridgehead atoms. The van der Waals surface area contributed by atoms with E-state index in [9.17, 15) is 9.59 Å². The van der Waals surface area contributed by atoms with Gasteiger partial charge in [-0.15, -0.1) is 0 Å². The summed E-state index contributed by atoms with van der Waals surface area (Å²) in [6, 6.07) is 5.58. The van der Waals surface area contributed by atoms with E-state index in [0.29, 0.717) is 25.8 Å². The number of amides is 1. The Morgan fingerprint density at radius 1 is 1.29 bits per heavy atom. The van der Waals surface area contributed by atoms with Crippen LogP contribution in [-0.2, 0) is 16.0 Å². The first-order valence-corrected chi connectivity index (χ1v) is 5.57. The van der Waals surface area contributed by atoms with Crippen molar-refractivity contribution in [1.29, 1.82) is 0 Å². The zero-order valence-corrected chi connectivity index (χ0v) is 9.56. The maximum atomic E-state index is 11.4. The summed E-state index contributed by atoms with van der Waals surface area (Å²) in [6.45, 7) is 0.410. The molecule has 92 valence electrons. The number of aromatic nitrogens is 1. The Hall–Kier alpha value is -1.91. The van der Waals surface area contributed by atoms with Gasteiger partial charge >= 0.3 is 5.97 Å². The number of rotatable bonds is 7. The number of carboxylic acid groups (broad SMARTS) is 1. The molecule has 0 aromatic carbocycles. The van der Waals surface area contributed by atoms with Crippen LogP contribution in [0.3, 0.4) is 0 Å². The molecule has 0 radical (unpaired) electrons. The fraction of sp³-hybridized carbons (Fsp3) is 0.417. The third-order valence-corrected chi connectivity index (χ3v) is 2.22. The van der Waals surface area contributed by atoms with Crippen LogP contribution in [0.2, 0.25) is 0 Å². The van der Waals surface area contributed by atoms with Crippen LogP contribution in [0.4, 0.5) is 0 Å². The van der Waals surface area contributed by atoms with Gasteiger partial charge in [-0.2, -0.15) is 0 Å². The average molecular weight is 236 g/mol. The zero-order valence-electron chi connectivity index (χ0n) is 9.56. The molecule has 0 unspecified atom stereocenters. The molecule has 0 atom stereocenters. The van der Waals surface area contributed by atoms with E-state index in [2.05, 4.69) is 10.3 Å². The van der Waals surface area contributed by atoms with Gasteiger partial charge in [-0.3, -0.25) is 14.6 Å². The first-order chi connectivity index (χ1) is 8.18. The van der Waals surface area contributed by atoms with Crippen molar-refractivity contribution in [1.82, 2.24) is 10.3 Å². The van der Waals surface area contributed by atoms with Crippen molar-refractivity contribution < 1.29 is 14.7 Å². The molecule has 17 heavy (non-hydrogen) atoms. The number of aryl methyl sites for hydroxylation is 1. The van der Waals surface area contributed by atoms with Crippen LogP contribution in [0.25, 0.3) is 0 Å². The smallest absolute Gasteiger partial charge is 0.303 e. The highest BCUT2D eigenvalue weighted by molar-refractivity contribution is 5.76. The van der Waals surface area contributed by atoms with Crippen LogP contribution in [0, 0.1) is 0 Å². The third-order valence-electron chi connectivity index (χ3n) is 2.22. The molecule has 0 saturated carbocycles. The molecule has 0 saturated heterocycles. The predicted molar refractivity (Wildman–Crippen MR) is 62.4 cm³/mol. The van der Waals surface area contributed by atoms with Crippen LogP contribution < -0.4 is 5.32 Å². The lowest BCUT2D eigenvalue weighted by Gasteiger charge is -2.03. The number of nitrogens with one attached hydrogen (secondary N) is 1. The monoisotopic (exact) mass is 236 g/mol. The Balaban J connectivity index is 2.11. The van der Waals surface area contributed by atoms with Gasteiger partial charge in [-0.1, -0.05) is 6.07 Å². The summed E-state index contributed by atoms with van der Waals surface area (Å²) in [5, 5.41) is 11.1. The number of carbonyl (C=O) groups excluding carboxylic acids is 1. The highest BCUT2D eigenvalue weighted by Crippen LogP contribution is 1.98. The first-order valence-electron chi connectivity index (χ1n) is 5.57. The van der Waals surface area contributed by atoms with E-state index in [1.54, 1.807) is 6.20 Å². The van der Waals surface area contributed by atoms with Crippen molar-refractivity contribution in [3.63, 3.8) is 0 Å². The second-order valence-corrected chi connectivity index (χ2v) is 3.67. The largest absolute Gasteiger partial charge is 0.481 e. The van der Waals surface area contributed by atoms with E-state index in [1.807, 2.05) is 18.2 Å². The van der Waals surface area contributed by atoms with Crippen LogP contribution >= 0.6 is 0 Å². The number of carboxylic acids is 1. The van der Waals surface area contributed by atoms with Crippen molar-refractivity contribution in [2.45, 2.75) is 25.7 Å². The molecule has 1 rings (SSSR count). The Bertz CT molecular complexity index is 365. The fourth-order valence-corrected chi connectivity index (χ4v) is 1.34. The van der Waals surface area contributed by atoms with E-state index in [1.165, 1.54) is 0 Å². The summed E-state index contributed by atoms with van der Waals surface area (Å²) in [7, 11) is 0. The molecule has 5 heteroatoms. The zero-order chi connectivity index (χ0) is 12.5. The molecule has 5 nitrogen and oxygen atoms in total. The minimum Gasteiger partial charge on any atom is -0.481 e. The van der Waals surface area contributed by atoms with Gasteiger partial charge in [0.1, 0.15) is 0 Å². The molecule has 1 amide bonds. The SMILES string of the molecule is O=C(O)CCCNC(=O)CCc1ccccn1. The lowest BCUT2D eigenvalue weighted by molar-refractivity contribution is -0.137. The molecule has 0 spiro atoms. The molecule has 1 aromatic heterocycles. The molecule has 2 N–H and O–H groups in total. The summed E-state index contributed by atoms with van der Waals surface area (Å²) < 4.78 is 0. The maximum absolute atomic E-state index is 11.4. The normalized spacial score (nSPS) is 9.88.